The molecule has 1 N–H and O–H groups in total. The van der Waals surface area contributed by atoms with Gasteiger partial charge in [0, 0.05) is 17.6 Å². The standard InChI is InChI=1S/C23H28BrFN2O3/c1-5-10-26-23(29)17(4)27(13-18-6-8-19(25)9-7-18)21(28)14-30-20-11-15(2)22(24)16(3)12-20/h6-9,11-12,17H,5,10,13-14H2,1-4H3,(H,26,29)/t17-/m1/s1. The van der Waals surface area contributed by atoms with E-state index in [1.807, 2.05) is 32.9 Å². The molecule has 0 bridgehead atoms. The summed E-state index contributed by atoms with van der Waals surface area (Å²) in [6.45, 7) is 8.06. The summed E-state index contributed by atoms with van der Waals surface area (Å²) in [6, 6.07) is 8.90. The highest BCUT2D eigenvalue weighted by Crippen LogP contribution is 2.26. The van der Waals surface area contributed by atoms with Crippen LogP contribution < -0.4 is 10.1 Å². The Hall–Kier alpha value is -2.41. The maximum Gasteiger partial charge on any atom is 0.261 e. The number of aryl methyl sites for hydroxylation is 2. The van der Waals surface area contributed by atoms with Gasteiger partial charge in [0.2, 0.25) is 5.91 Å². The van der Waals surface area contributed by atoms with Crippen molar-refractivity contribution in [2.45, 2.75) is 46.7 Å². The van der Waals surface area contributed by atoms with Crippen molar-refractivity contribution in [1.29, 1.82) is 0 Å². The van der Waals surface area contributed by atoms with Crippen molar-refractivity contribution < 1.29 is 18.7 Å². The maximum absolute atomic E-state index is 13.2. The predicted octanol–water partition coefficient (Wildman–Crippen LogP) is 4.53. The van der Waals surface area contributed by atoms with Crippen molar-refractivity contribution in [2.24, 2.45) is 0 Å². The molecule has 7 heteroatoms. The topological polar surface area (TPSA) is 58.6 Å². The van der Waals surface area contributed by atoms with E-state index in [2.05, 4.69) is 21.2 Å². The van der Waals surface area contributed by atoms with Crippen LogP contribution in [0, 0.1) is 19.7 Å². The smallest absolute Gasteiger partial charge is 0.261 e. The molecule has 0 saturated carbocycles. The molecule has 0 aliphatic heterocycles. The fourth-order valence-electron chi connectivity index (χ4n) is 2.98. The number of hydrogen-bond donors (Lipinski definition) is 1. The van der Waals surface area contributed by atoms with Crippen LogP contribution in [0.15, 0.2) is 40.9 Å². The van der Waals surface area contributed by atoms with Gasteiger partial charge in [0.05, 0.1) is 0 Å². The third kappa shape index (κ3) is 6.55. The van der Waals surface area contributed by atoms with Crippen LogP contribution >= 0.6 is 15.9 Å². The Morgan fingerprint density at radius 3 is 2.33 bits per heavy atom. The molecule has 2 aromatic carbocycles. The first-order chi connectivity index (χ1) is 14.2. The SMILES string of the molecule is CCCNC(=O)[C@@H](C)N(Cc1ccc(F)cc1)C(=O)COc1cc(C)c(Br)c(C)c1. The average molecular weight is 479 g/mol. The fraction of sp³-hybridized carbons (Fsp3) is 0.391. The number of amides is 2. The molecule has 2 rings (SSSR count). The van der Waals surface area contributed by atoms with E-state index in [-0.39, 0.29) is 30.8 Å². The van der Waals surface area contributed by atoms with Crippen LogP contribution in [0.2, 0.25) is 0 Å². The van der Waals surface area contributed by atoms with Gasteiger partial charge < -0.3 is 15.0 Å². The maximum atomic E-state index is 13.2. The number of benzene rings is 2. The molecular formula is C23H28BrFN2O3. The normalized spacial score (nSPS) is 11.7. The molecule has 0 fully saturated rings. The summed E-state index contributed by atoms with van der Waals surface area (Å²) in [5.41, 5.74) is 2.75. The molecule has 0 heterocycles. The molecule has 0 spiro atoms. The Bertz CT molecular complexity index is 864. The van der Waals surface area contributed by atoms with Crippen molar-refractivity contribution >= 4 is 27.7 Å². The number of halogens is 2. The van der Waals surface area contributed by atoms with Gasteiger partial charge in [-0.3, -0.25) is 9.59 Å². The quantitative estimate of drug-likeness (QED) is 0.575. The predicted molar refractivity (Wildman–Crippen MR) is 119 cm³/mol. The summed E-state index contributed by atoms with van der Waals surface area (Å²) in [5.74, 6) is -0.319. The molecule has 0 aromatic heterocycles. The van der Waals surface area contributed by atoms with Crippen molar-refractivity contribution in [3.8, 4) is 5.75 Å². The van der Waals surface area contributed by atoms with Crippen LogP contribution in [0.5, 0.6) is 5.75 Å². The van der Waals surface area contributed by atoms with Gasteiger partial charge in [0.15, 0.2) is 6.61 Å². The second kappa shape index (κ2) is 11.1. The van der Waals surface area contributed by atoms with E-state index >= 15 is 0 Å². The Labute approximate surface area is 185 Å². The van der Waals surface area contributed by atoms with Crippen LogP contribution in [-0.4, -0.2) is 35.9 Å². The zero-order chi connectivity index (χ0) is 22.3. The third-order valence-electron chi connectivity index (χ3n) is 4.75. The Kier molecular flexibility index (Phi) is 8.84. The van der Waals surface area contributed by atoms with Crippen molar-refractivity contribution in [3.05, 3.63) is 63.4 Å². The first kappa shape index (κ1) is 23.9. The van der Waals surface area contributed by atoms with E-state index in [1.165, 1.54) is 17.0 Å². The van der Waals surface area contributed by atoms with Crippen molar-refractivity contribution in [1.82, 2.24) is 10.2 Å². The van der Waals surface area contributed by atoms with E-state index in [0.29, 0.717) is 12.3 Å². The fourth-order valence-corrected chi connectivity index (χ4v) is 3.21. The summed E-state index contributed by atoms with van der Waals surface area (Å²) in [5, 5.41) is 2.82. The van der Waals surface area contributed by atoms with Crippen molar-refractivity contribution in [2.75, 3.05) is 13.2 Å². The molecule has 1 atom stereocenters. The lowest BCUT2D eigenvalue weighted by molar-refractivity contribution is -0.142. The van der Waals surface area contributed by atoms with Crippen molar-refractivity contribution in [3.63, 3.8) is 0 Å². The minimum atomic E-state index is -0.689. The van der Waals surface area contributed by atoms with Gasteiger partial charge in [0.1, 0.15) is 17.6 Å². The van der Waals surface area contributed by atoms with Crippen LogP contribution in [0.1, 0.15) is 37.0 Å². The highest BCUT2D eigenvalue weighted by Gasteiger charge is 2.26. The number of carbonyl (C=O) groups excluding carboxylic acids is 2. The molecule has 0 aliphatic rings. The monoisotopic (exact) mass is 478 g/mol. The number of ether oxygens (including phenoxy) is 1. The van der Waals surface area contributed by atoms with Gasteiger partial charge in [-0.2, -0.15) is 0 Å². The molecule has 162 valence electrons. The lowest BCUT2D eigenvalue weighted by Crippen LogP contribution is -2.49. The van der Waals surface area contributed by atoms with E-state index in [4.69, 9.17) is 4.74 Å². The first-order valence-electron chi connectivity index (χ1n) is 9.94. The Balaban J connectivity index is 2.16. The molecule has 0 aliphatic carbocycles. The van der Waals surface area contributed by atoms with Gasteiger partial charge in [-0.15, -0.1) is 0 Å². The minimum Gasteiger partial charge on any atom is -0.484 e. The molecule has 2 aromatic rings. The van der Waals surface area contributed by atoms with Gasteiger partial charge in [-0.05, 0) is 68.1 Å². The molecule has 2 amide bonds. The molecule has 0 unspecified atom stereocenters. The average Bonchev–Trinajstić information content (AvgIpc) is 2.73. The van der Waals surface area contributed by atoms with Crippen LogP contribution in [-0.2, 0) is 16.1 Å². The van der Waals surface area contributed by atoms with E-state index in [1.54, 1.807) is 19.1 Å². The summed E-state index contributed by atoms with van der Waals surface area (Å²) in [4.78, 5) is 26.9. The number of nitrogens with one attached hydrogen (secondary N) is 1. The van der Waals surface area contributed by atoms with E-state index in [9.17, 15) is 14.0 Å². The van der Waals surface area contributed by atoms with Gasteiger partial charge in [-0.25, -0.2) is 4.39 Å². The molecule has 5 nitrogen and oxygen atoms in total. The largest absolute Gasteiger partial charge is 0.484 e. The van der Waals surface area contributed by atoms with Gasteiger partial charge >= 0.3 is 0 Å². The number of nitrogens with zero attached hydrogens (tertiary/aromatic N) is 1. The lowest BCUT2D eigenvalue weighted by Gasteiger charge is -2.28. The van der Waals surface area contributed by atoms with Gasteiger partial charge in [0.25, 0.3) is 5.91 Å². The molecule has 0 saturated heterocycles. The zero-order valence-corrected chi connectivity index (χ0v) is 19.4. The zero-order valence-electron chi connectivity index (χ0n) is 17.8. The van der Waals surface area contributed by atoms with Crippen LogP contribution in [0.25, 0.3) is 0 Å². The van der Waals surface area contributed by atoms with E-state index in [0.717, 1.165) is 27.6 Å². The number of rotatable bonds is 9. The number of carbonyl (C=O) groups is 2. The Morgan fingerprint density at radius 1 is 1.17 bits per heavy atom. The second-order valence-corrected chi connectivity index (χ2v) is 8.07. The lowest BCUT2D eigenvalue weighted by atomic mass is 10.1. The van der Waals surface area contributed by atoms with Crippen LogP contribution in [0.3, 0.4) is 0 Å². The van der Waals surface area contributed by atoms with Gasteiger partial charge in [-0.1, -0.05) is 35.0 Å². The third-order valence-corrected chi connectivity index (χ3v) is 6.01. The number of hydrogen-bond acceptors (Lipinski definition) is 3. The van der Waals surface area contributed by atoms with E-state index < -0.39 is 6.04 Å². The molecule has 30 heavy (non-hydrogen) atoms. The summed E-state index contributed by atoms with van der Waals surface area (Å²) in [7, 11) is 0. The summed E-state index contributed by atoms with van der Waals surface area (Å²) < 4.78 is 20.0. The second-order valence-electron chi connectivity index (χ2n) is 7.27. The first-order valence-corrected chi connectivity index (χ1v) is 10.7. The highest BCUT2D eigenvalue weighted by atomic mass is 79.9. The summed E-state index contributed by atoms with van der Waals surface area (Å²) in [6.07, 6.45) is 0.801. The summed E-state index contributed by atoms with van der Waals surface area (Å²) >= 11 is 3.51. The minimum absolute atomic E-state index is 0.182. The van der Waals surface area contributed by atoms with Crippen LogP contribution in [0.4, 0.5) is 4.39 Å². The molecule has 0 radical (unpaired) electrons. The highest BCUT2D eigenvalue weighted by molar-refractivity contribution is 9.10. The molecular weight excluding hydrogens is 451 g/mol. The Morgan fingerprint density at radius 2 is 1.77 bits per heavy atom.